The number of hydrogen-bond donors (Lipinski definition) is 1. The minimum atomic E-state index is -0.193. The number of hydrogen-bond acceptors (Lipinski definition) is 6. The molecule has 1 aliphatic rings. The van der Waals surface area contributed by atoms with Gasteiger partial charge in [-0.15, -0.1) is 12.4 Å². The second-order valence-corrected chi connectivity index (χ2v) is 8.78. The van der Waals surface area contributed by atoms with Crippen LogP contribution in [0.4, 0.5) is 5.69 Å². The summed E-state index contributed by atoms with van der Waals surface area (Å²) in [4.78, 5) is 26.9. The highest BCUT2D eigenvalue weighted by Gasteiger charge is 2.25. The second kappa shape index (κ2) is 13.5. The molecule has 0 radical (unpaired) electrons. The van der Waals surface area contributed by atoms with Gasteiger partial charge in [-0.2, -0.15) is 5.10 Å². The van der Waals surface area contributed by atoms with Crippen LogP contribution in [0.3, 0.4) is 0 Å². The van der Waals surface area contributed by atoms with E-state index in [0.29, 0.717) is 24.5 Å². The van der Waals surface area contributed by atoms with Crippen LogP contribution in [0.25, 0.3) is 0 Å². The molecular weight excluding hydrogens is 496 g/mol. The van der Waals surface area contributed by atoms with Crippen LogP contribution in [0, 0.1) is 6.92 Å². The Bertz CT molecular complexity index is 1150. The van der Waals surface area contributed by atoms with Crippen molar-refractivity contribution in [2.45, 2.75) is 38.8 Å². The molecule has 10 heteroatoms. The summed E-state index contributed by atoms with van der Waals surface area (Å²) in [7, 11) is 1.60. The van der Waals surface area contributed by atoms with E-state index in [9.17, 15) is 9.59 Å². The number of likely N-dealkylation sites (tertiary alicyclic amines) is 1. The molecule has 2 heterocycles. The zero-order valence-corrected chi connectivity index (χ0v) is 21.9. The monoisotopic (exact) mass is 528 g/mol. The van der Waals surface area contributed by atoms with E-state index >= 15 is 0 Å². The maximum absolute atomic E-state index is 12.9. The van der Waals surface area contributed by atoms with Gasteiger partial charge in [-0.1, -0.05) is 17.7 Å². The number of halogens is 1. The minimum Gasteiger partial charge on any atom is -0.497 e. The van der Waals surface area contributed by atoms with Gasteiger partial charge in [0.05, 0.1) is 38.6 Å². The van der Waals surface area contributed by atoms with Crippen molar-refractivity contribution in [2.75, 3.05) is 32.1 Å². The lowest BCUT2D eigenvalue weighted by Gasteiger charge is -2.33. The van der Waals surface area contributed by atoms with Crippen LogP contribution in [0.5, 0.6) is 17.2 Å². The molecule has 1 unspecified atom stereocenters. The van der Waals surface area contributed by atoms with E-state index < -0.39 is 0 Å². The number of anilines is 1. The fourth-order valence-corrected chi connectivity index (χ4v) is 3.98. The number of nitrogens with zero attached hydrogens (tertiary/aromatic N) is 3. The largest absolute Gasteiger partial charge is 0.497 e. The number of benzene rings is 2. The van der Waals surface area contributed by atoms with E-state index in [2.05, 4.69) is 10.4 Å². The molecule has 1 fully saturated rings. The molecule has 1 N–H and O–H groups in total. The molecule has 1 saturated heterocycles. The summed E-state index contributed by atoms with van der Waals surface area (Å²) in [5.74, 6) is 2.01. The smallest absolute Gasteiger partial charge is 0.244 e. The molecule has 9 nitrogen and oxygen atoms in total. The van der Waals surface area contributed by atoms with Crippen LogP contribution in [-0.2, 0) is 16.1 Å². The topological polar surface area (TPSA) is 94.9 Å². The molecule has 37 heavy (non-hydrogen) atoms. The van der Waals surface area contributed by atoms with E-state index in [1.54, 1.807) is 37.6 Å². The van der Waals surface area contributed by atoms with Crippen LogP contribution in [0.2, 0.25) is 0 Å². The van der Waals surface area contributed by atoms with Crippen molar-refractivity contribution in [3.63, 3.8) is 0 Å². The van der Waals surface area contributed by atoms with Crippen molar-refractivity contribution in [2.24, 2.45) is 0 Å². The summed E-state index contributed by atoms with van der Waals surface area (Å²) in [6.07, 6.45) is 5.16. The highest BCUT2D eigenvalue weighted by molar-refractivity contribution is 5.90. The van der Waals surface area contributed by atoms with Crippen molar-refractivity contribution in [3.05, 3.63) is 66.5 Å². The predicted octanol–water partition coefficient (Wildman–Crippen LogP) is 4.10. The first-order valence-corrected chi connectivity index (χ1v) is 12.1. The quantitative estimate of drug-likeness (QED) is 0.426. The average molecular weight is 529 g/mol. The normalized spacial score (nSPS) is 14.9. The minimum absolute atomic E-state index is 0. The van der Waals surface area contributed by atoms with Crippen molar-refractivity contribution in [1.82, 2.24) is 14.7 Å². The summed E-state index contributed by atoms with van der Waals surface area (Å²) in [6.45, 7) is 3.63. The molecule has 0 saturated carbocycles. The van der Waals surface area contributed by atoms with Gasteiger partial charge in [-0.3, -0.25) is 14.3 Å². The molecule has 1 aromatic heterocycles. The number of ether oxygens (including phenoxy) is 3. The molecule has 2 amide bonds. The Hall–Kier alpha value is -3.72. The number of carbonyl (C=O) groups excluding carboxylic acids is 2. The Morgan fingerprint density at radius 2 is 1.76 bits per heavy atom. The zero-order chi connectivity index (χ0) is 25.3. The maximum atomic E-state index is 12.9. The van der Waals surface area contributed by atoms with E-state index in [-0.39, 0.29) is 49.9 Å². The highest BCUT2D eigenvalue weighted by Crippen LogP contribution is 2.20. The molecular formula is C27H33ClN4O5. The summed E-state index contributed by atoms with van der Waals surface area (Å²) in [5.41, 5.74) is 1.72. The second-order valence-electron chi connectivity index (χ2n) is 8.78. The molecule has 2 aromatic carbocycles. The van der Waals surface area contributed by atoms with Crippen LogP contribution in [-0.4, -0.2) is 59.4 Å². The molecule has 0 aliphatic carbocycles. The number of aromatic nitrogens is 2. The third-order valence-corrected chi connectivity index (χ3v) is 5.93. The van der Waals surface area contributed by atoms with Gasteiger partial charge in [0.15, 0.2) is 0 Å². The molecule has 0 bridgehead atoms. The number of nitrogens with one attached hydrogen (secondary N) is 1. The zero-order valence-electron chi connectivity index (χ0n) is 21.1. The van der Waals surface area contributed by atoms with Gasteiger partial charge >= 0.3 is 0 Å². The van der Waals surface area contributed by atoms with Crippen molar-refractivity contribution < 1.29 is 23.8 Å². The molecule has 1 atom stereocenters. The van der Waals surface area contributed by atoms with E-state index in [4.69, 9.17) is 14.2 Å². The number of aryl methyl sites for hydroxylation is 1. The third-order valence-electron chi connectivity index (χ3n) is 5.93. The summed E-state index contributed by atoms with van der Waals surface area (Å²) in [5, 5.41) is 7.01. The standard InChI is InChI=1S/C27H32N4O5.ClH/c1-20-5-7-24(8-6-20)36-25-4-3-14-30(18-25)27(33)19-31-17-21(16-28-31)29-26(32)13-15-35-23-11-9-22(34-2)10-12-23;/h5-12,16-17,25H,3-4,13-15,18-19H2,1-2H3,(H,29,32);1H. The van der Waals surface area contributed by atoms with Gasteiger partial charge < -0.3 is 24.4 Å². The number of rotatable bonds is 10. The van der Waals surface area contributed by atoms with Gasteiger partial charge in [0.1, 0.15) is 29.9 Å². The number of piperidine rings is 1. The van der Waals surface area contributed by atoms with E-state index in [0.717, 1.165) is 24.3 Å². The summed E-state index contributed by atoms with van der Waals surface area (Å²) in [6, 6.07) is 15.1. The Kier molecular flexibility index (Phi) is 10.2. The fourth-order valence-electron chi connectivity index (χ4n) is 3.98. The third kappa shape index (κ3) is 8.42. The van der Waals surface area contributed by atoms with Gasteiger partial charge in [0.25, 0.3) is 0 Å². The number of carbonyl (C=O) groups is 2. The SMILES string of the molecule is COc1ccc(OCCC(=O)Nc2cnn(CC(=O)N3CCCC(Oc4ccc(C)cc4)C3)c2)cc1.Cl. The van der Waals surface area contributed by atoms with Gasteiger partial charge in [0, 0.05) is 12.7 Å². The Labute approximate surface area is 223 Å². The van der Waals surface area contributed by atoms with Crippen LogP contribution < -0.4 is 19.5 Å². The lowest BCUT2D eigenvalue weighted by molar-refractivity contribution is -0.134. The predicted molar refractivity (Wildman–Crippen MR) is 143 cm³/mol. The number of methoxy groups -OCH3 is 1. The van der Waals surface area contributed by atoms with Crippen LogP contribution in [0.1, 0.15) is 24.8 Å². The van der Waals surface area contributed by atoms with Crippen molar-refractivity contribution >= 4 is 29.9 Å². The molecule has 198 valence electrons. The first-order valence-electron chi connectivity index (χ1n) is 12.1. The maximum Gasteiger partial charge on any atom is 0.244 e. The average Bonchev–Trinajstić information content (AvgIpc) is 3.32. The Morgan fingerprint density at radius 1 is 1.05 bits per heavy atom. The van der Waals surface area contributed by atoms with Crippen LogP contribution >= 0.6 is 12.4 Å². The van der Waals surface area contributed by atoms with Gasteiger partial charge in [-0.25, -0.2) is 0 Å². The molecule has 0 spiro atoms. The van der Waals surface area contributed by atoms with Gasteiger partial charge in [0.2, 0.25) is 11.8 Å². The Balaban J connectivity index is 0.00000380. The summed E-state index contributed by atoms with van der Waals surface area (Å²) >= 11 is 0. The fraction of sp³-hybridized carbons (Fsp3) is 0.370. The summed E-state index contributed by atoms with van der Waals surface area (Å²) < 4.78 is 18.3. The number of amides is 2. The first-order chi connectivity index (χ1) is 17.5. The van der Waals surface area contributed by atoms with Crippen LogP contribution in [0.15, 0.2) is 60.9 Å². The molecule has 4 rings (SSSR count). The van der Waals surface area contributed by atoms with Gasteiger partial charge in [-0.05, 0) is 56.2 Å². The first kappa shape index (κ1) is 27.9. The lowest BCUT2D eigenvalue weighted by atomic mass is 10.1. The van der Waals surface area contributed by atoms with Crippen molar-refractivity contribution in [3.8, 4) is 17.2 Å². The van der Waals surface area contributed by atoms with E-state index in [1.165, 1.54) is 16.4 Å². The molecule has 1 aliphatic heterocycles. The van der Waals surface area contributed by atoms with E-state index in [1.807, 2.05) is 36.1 Å². The Morgan fingerprint density at radius 3 is 2.49 bits per heavy atom. The van der Waals surface area contributed by atoms with Crippen molar-refractivity contribution in [1.29, 1.82) is 0 Å². The lowest BCUT2D eigenvalue weighted by Crippen LogP contribution is -2.45. The molecule has 3 aromatic rings. The highest BCUT2D eigenvalue weighted by atomic mass is 35.5.